The number of amides is 1. The van der Waals surface area contributed by atoms with Crippen LogP contribution in [0, 0.1) is 6.92 Å². The zero-order chi connectivity index (χ0) is 18.3. The molecule has 2 unspecified atom stereocenters. The van der Waals surface area contributed by atoms with Gasteiger partial charge in [-0.3, -0.25) is 9.48 Å². The molecular formula is C19H23N5OS. The van der Waals surface area contributed by atoms with Crippen molar-refractivity contribution >= 4 is 28.3 Å². The van der Waals surface area contributed by atoms with Crippen LogP contribution in [0.15, 0.2) is 23.6 Å². The molecular weight excluding hydrogens is 346 g/mol. The van der Waals surface area contributed by atoms with Crippen molar-refractivity contribution in [2.45, 2.75) is 38.8 Å². The molecule has 0 aliphatic carbocycles. The van der Waals surface area contributed by atoms with E-state index in [0.29, 0.717) is 5.56 Å². The van der Waals surface area contributed by atoms with Gasteiger partial charge in [0, 0.05) is 19.1 Å². The predicted octanol–water partition coefficient (Wildman–Crippen LogP) is 2.88. The number of carbonyl (C=O) groups is 1. The highest BCUT2D eigenvalue weighted by molar-refractivity contribution is 7.13. The maximum Gasteiger partial charge on any atom is 0.252 e. The second-order valence-electron chi connectivity index (χ2n) is 6.90. The fourth-order valence-electron chi connectivity index (χ4n) is 3.66. The highest BCUT2D eigenvalue weighted by Gasteiger charge is 2.25. The molecule has 4 heterocycles. The van der Waals surface area contributed by atoms with Crippen molar-refractivity contribution in [2.75, 3.05) is 6.54 Å². The molecule has 136 valence electrons. The summed E-state index contributed by atoms with van der Waals surface area (Å²) in [5.74, 6) is -0.0492. The number of rotatable bonds is 3. The molecule has 3 aromatic heterocycles. The number of nitrogens with zero attached hydrogens (tertiary/aromatic N) is 3. The van der Waals surface area contributed by atoms with Gasteiger partial charge in [-0.2, -0.15) is 5.10 Å². The summed E-state index contributed by atoms with van der Waals surface area (Å²) in [5, 5.41) is 14.0. The van der Waals surface area contributed by atoms with E-state index >= 15 is 0 Å². The molecule has 26 heavy (non-hydrogen) atoms. The van der Waals surface area contributed by atoms with Gasteiger partial charge in [-0.1, -0.05) is 6.07 Å². The summed E-state index contributed by atoms with van der Waals surface area (Å²) in [6.07, 6.45) is 2.07. The number of piperidine rings is 1. The Bertz CT molecular complexity index is 947. The second-order valence-corrected chi connectivity index (χ2v) is 7.85. The summed E-state index contributed by atoms with van der Waals surface area (Å²) in [4.78, 5) is 19.0. The first-order chi connectivity index (χ1) is 12.5. The van der Waals surface area contributed by atoms with E-state index in [0.717, 1.165) is 46.7 Å². The van der Waals surface area contributed by atoms with Crippen molar-refractivity contribution in [3.8, 4) is 10.6 Å². The Morgan fingerprint density at radius 1 is 1.46 bits per heavy atom. The average Bonchev–Trinajstić information content (AvgIpc) is 3.25. The maximum atomic E-state index is 13.2. The summed E-state index contributed by atoms with van der Waals surface area (Å²) < 4.78 is 1.75. The summed E-state index contributed by atoms with van der Waals surface area (Å²) in [5.41, 5.74) is 3.04. The van der Waals surface area contributed by atoms with Crippen LogP contribution in [0.25, 0.3) is 21.6 Å². The van der Waals surface area contributed by atoms with Crippen LogP contribution in [0.2, 0.25) is 0 Å². The number of hydrogen-bond donors (Lipinski definition) is 2. The first kappa shape index (κ1) is 17.2. The van der Waals surface area contributed by atoms with Crippen molar-refractivity contribution in [1.82, 2.24) is 25.4 Å². The van der Waals surface area contributed by atoms with E-state index in [4.69, 9.17) is 4.98 Å². The second kappa shape index (κ2) is 6.81. The lowest BCUT2D eigenvalue weighted by Crippen LogP contribution is -2.51. The Kier molecular flexibility index (Phi) is 4.50. The van der Waals surface area contributed by atoms with Crippen molar-refractivity contribution in [3.63, 3.8) is 0 Å². The molecule has 2 N–H and O–H groups in total. The van der Waals surface area contributed by atoms with Crippen LogP contribution in [0.3, 0.4) is 0 Å². The van der Waals surface area contributed by atoms with Gasteiger partial charge in [0.05, 0.1) is 27.2 Å². The van der Waals surface area contributed by atoms with Crippen molar-refractivity contribution in [2.24, 2.45) is 7.05 Å². The van der Waals surface area contributed by atoms with E-state index in [1.165, 1.54) is 0 Å². The number of nitrogens with one attached hydrogen (secondary N) is 2. The molecule has 1 aliphatic rings. The third kappa shape index (κ3) is 3.01. The molecule has 0 aromatic carbocycles. The van der Waals surface area contributed by atoms with Crippen LogP contribution in [-0.2, 0) is 7.05 Å². The number of thiophene rings is 1. The van der Waals surface area contributed by atoms with Crippen molar-refractivity contribution in [1.29, 1.82) is 0 Å². The van der Waals surface area contributed by atoms with Gasteiger partial charge in [-0.15, -0.1) is 11.3 Å². The molecule has 1 saturated heterocycles. The highest BCUT2D eigenvalue weighted by atomic mass is 32.1. The number of fused-ring (bicyclic) bond motifs is 1. The number of aromatic nitrogens is 3. The Morgan fingerprint density at radius 2 is 2.31 bits per heavy atom. The fraction of sp³-hybridized carbons (Fsp3) is 0.421. The Hall–Kier alpha value is -2.25. The molecule has 2 atom stereocenters. The molecule has 1 fully saturated rings. The molecule has 6 nitrogen and oxygen atoms in total. The highest BCUT2D eigenvalue weighted by Crippen LogP contribution is 2.29. The SMILES string of the molecule is Cc1nn(C)c2nc(-c3cccs3)cc(C(=O)NC3CCCNC3C)c12. The van der Waals surface area contributed by atoms with Crippen LogP contribution < -0.4 is 10.6 Å². The molecule has 0 saturated carbocycles. The number of aryl methyl sites for hydroxylation is 2. The average molecular weight is 369 g/mol. The summed E-state index contributed by atoms with van der Waals surface area (Å²) in [6.45, 7) is 5.06. The molecule has 1 amide bonds. The van der Waals surface area contributed by atoms with Crippen molar-refractivity contribution in [3.05, 3.63) is 34.8 Å². The van der Waals surface area contributed by atoms with Crippen LogP contribution in [-0.4, -0.2) is 39.3 Å². The lowest BCUT2D eigenvalue weighted by atomic mass is 9.99. The van der Waals surface area contributed by atoms with E-state index in [2.05, 4.69) is 22.7 Å². The smallest absolute Gasteiger partial charge is 0.252 e. The summed E-state index contributed by atoms with van der Waals surface area (Å²) in [6, 6.07) is 6.34. The molecule has 0 bridgehead atoms. The zero-order valence-electron chi connectivity index (χ0n) is 15.2. The van der Waals surface area contributed by atoms with E-state index in [-0.39, 0.29) is 18.0 Å². The minimum atomic E-state index is -0.0492. The lowest BCUT2D eigenvalue weighted by Gasteiger charge is -2.30. The van der Waals surface area contributed by atoms with Gasteiger partial charge in [0.25, 0.3) is 5.91 Å². The van der Waals surface area contributed by atoms with E-state index in [1.807, 2.05) is 37.6 Å². The molecule has 0 radical (unpaired) electrons. The normalized spacial score (nSPS) is 20.4. The maximum absolute atomic E-state index is 13.2. The first-order valence-electron chi connectivity index (χ1n) is 8.97. The number of pyridine rings is 1. The Morgan fingerprint density at radius 3 is 3.04 bits per heavy atom. The first-order valence-corrected chi connectivity index (χ1v) is 9.85. The Labute approximate surface area is 156 Å². The van der Waals surface area contributed by atoms with Gasteiger partial charge in [0.1, 0.15) is 0 Å². The van der Waals surface area contributed by atoms with E-state index in [1.54, 1.807) is 16.0 Å². The molecule has 7 heteroatoms. The quantitative estimate of drug-likeness (QED) is 0.745. The van der Waals surface area contributed by atoms with Gasteiger partial charge in [0.15, 0.2) is 5.65 Å². The minimum Gasteiger partial charge on any atom is -0.348 e. The van der Waals surface area contributed by atoms with Crippen LogP contribution in [0.1, 0.15) is 35.8 Å². The Balaban J connectivity index is 1.78. The lowest BCUT2D eigenvalue weighted by molar-refractivity contribution is 0.0921. The summed E-state index contributed by atoms with van der Waals surface area (Å²) >= 11 is 1.62. The number of carbonyl (C=O) groups excluding carboxylic acids is 1. The molecule has 0 spiro atoms. The zero-order valence-corrected chi connectivity index (χ0v) is 16.1. The van der Waals surface area contributed by atoms with Gasteiger partial charge < -0.3 is 10.6 Å². The predicted molar refractivity (Wildman–Crippen MR) is 105 cm³/mol. The monoisotopic (exact) mass is 369 g/mol. The van der Waals surface area contributed by atoms with Crippen LogP contribution >= 0.6 is 11.3 Å². The van der Waals surface area contributed by atoms with Gasteiger partial charge >= 0.3 is 0 Å². The minimum absolute atomic E-state index is 0.0492. The van der Waals surface area contributed by atoms with Crippen LogP contribution in [0.5, 0.6) is 0 Å². The molecule has 4 rings (SSSR count). The topological polar surface area (TPSA) is 71.8 Å². The largest absolute Gasteiger partial charge is 0.348 e. The standard InChI is InChI=1S/C19H23N5OS/c1-11-14(6-4-8-20-11)22-19(25)13-10-15(16-7-5-9-26-16)21-18-17(13)12(2)23-24(18)3/h5,7,9-11,14,20H,4,6,8H2,1-3H3,(H,22,25). The third-order valence-corrected chi connectivity index (χ3v) is 5.96. The number of hydrogen-bond acceptors (Lipinski definition) is 5. The molecule has 3 aromatic rings. The van der Waals surface area contributed by atoms with Gasteiger partial charge in [-0.25, -0.2) is 4.98 Å². The summed E-state index contributed by atoms with van der Waals surface area (Å²) in [7, 11) is 1.87. The van der Waals surface area contributed by atoms with Gasteiger partial charge in [-0.05, 0) is 50.7 Å². The van der Waals surface area contributed by atoms with E-state index in [9.17, 15) is 4.79 Å². The van der Waals surface area contributed by atoms with Crippen molar-refractivity contribution < 1.29 is 4.79 Å². The fourth-order valence-corrected chi connectivity index (χ4v) is 4.35. The van der Waals surface area contributed by atoms with Crippen LogP contribution in [0.4, 0.5) is 0 Å². The third-order valence-electron chi connectivity index (χ3n) is 5.07. The van der Waals surface area contributed by atoms with Gasteiger partial charge in [0.2, 0.25) is 0 Å². The van der Waals surface area contributed by atoms with E-state index < -0.39 is 0 Å². The molecule has 1 aliphatic heterocycles.